The lowest BCUT2D eigenvalue weighted by atomic mass is 9.70. The third kappa shape index (κ3) is 5.20. The summed E-state index contributed by atoms with van der Waals surface area (Å²) in [6.45, 7) is 0. The molecule has 0 spiro atoms. The molecule has 2 heterocycles. The van der Waals surface area contributed by atoms with Crippen LogP contribution in [-0.2, 0) is 0 Å². The van der Waals surface area contributed by atoms with Gasteiger partial charge in [-0.05, 0) is 93.0 Å². The molecule has 8 aromatic carbocycles. The van der Waals surface area contributed by atoms with E-state index in [2.05, 4.69) is 205 Å². The summed E-state index contributed by atoms with van der Waals surface area (Å²) in [7, 11) is 0. The molecule has 2 unspecified atom stereocenters. The molecule has 2 aliphatic rings. The smallest absolute Gasteiger partial charge is 0.0465 e. The highest BCUT2D eigenvalue weighted by atomic mass is 32.1. The van der Waals surface area contributed by atoms with Crippen LogP contribution in [0.5, 0.6) is 0 Å². The minimum absolute atomic E-state index is 0.287. The number of nitrogens with zero attached hydrogens (tertiary/aromatic N) is 1. The van der Waals surface area contributed by atoms with Crippen molar-refractivity contribution in [1.82, 2.24) is 0 Å². The lowest BCUT2D eigenvalue weighted by Crippen LogP contribution is -2.17. The van der Waals surface area contributed by atoms with Gasteiger partial charge in [0.05, 0.1) is 0 Å². The predicted octanol–water partition coefficient (Wildman–Crippen LogP) is 16.2. The number of hydrogen-bond donors (Lipinski definition) is 0. The van der Waals surface area contributed by atoms with E-state index in [0.29, 0.717) is 5.92 Å². The Morgan fingerprint density at radius 1 is 0.351 bits per heavy atom. The van der Waals surface area contributed by atoms with Gasteiger partial charge in [-0.2, -0.15) is 0 Å². The maximum Gasteiger partial charge on any atom is 0.0465 e. The van der Waals surface area contributed by atoms with Gasteiger partial charge in [-0.25, -0.2) is 0 Å². The van der Waals surface area contributed by atoms with Crippen LogP contribution in [0.3, 0.4) is 0 Å². The van der Waals surface area contributed by atoms with Crippen molar-refractivity contribution >= 4 is 80.1 Å². The molecular formula is C54H35NS2. The zero-order valence-corrected chi connectivity index (χ0v) is 32.6. The molecule has 0 radical (unpaired) electrons. The molecule has 2 aliphatic carbocycles. The minimum Gasteiger partial charge on any atom is -0.310 e. The number of fused-ring (bicyclic) bond motifs is 12. The summed E-state index contributed by atoms with van der Waals surface area (Å²) in [6, 6.07) is 65.4. The first-order chi connectivity index (χ1) is 28.3. The maximum atomic E-state index is 2.45. The quantitative estimate of drug-likeness (QED) is 0.169. The third-order valence-corrected chi connectivity index (χ3v) is 14.5. The van der Waals surface area contributed by atoms with Crippen molar-refractivity contribution in [1.29, 1.82) is 0 Å². The molecule has 3 heteroatoms. The zero-order chi connectivity index (χ0) is 37.5. The lowest BCUT2D eigenvalue weighted by molar-refractivity contribution is 0.720. The highest BCUT2D eigenvalue weighted by Crippen LogP contribution is 2.51. The first-order valence-corrected chi connectivity index (χ1v) is 21.3. The molecule has 1 nitrogen and oxygen atoms in total. The number of benzene rings is 8. The van der Waals surface area contributed by atoms with Crippen LogP contribution in [0, 0.1) is 0 Å². The minimum atomic E-state index is 0.287. The van der Waals surface area contributed by atoms with Crippen LogP contribution >= 0.6 is 22.7 Å². The molecule has 0 N–H and O–H groups in total. The fraction of sp³-hybridized carbons (Fsp3) is 0.0370. The van der Waals surface area contributed by atoms with Gasteiger partial charge in [0, 0.05) is 69.2 Å². The van der Waals surface area contributed by atoms with E-state index in [4.69, 9.17) is 0 Å². The number of anilines is 3. The molecule has 0 aliphatic heterocycles. The molecule has 2 aromatic heterocycles. The van der Waals surface area contributed by atoms with Gasteiger partial charge >= 0.3 is 0 Å². The summed E-state index contributed by atoms with van der Waals surface area (Å²) in [5.74, 6) is 0.615. The van der Waals surface area contributed by atoms with Crippen LogP contribution in [0.4, 0.5) is 17.1 Å². The fourth-order valence-corrected chi connectivity index (χ4v) is 11.9. The molecule has 12 rings (SSSR count). The monoisotopic (exact) mass is 761 g/mol. The molecule has 268 valence electrons. The Labute approximate surface area is 339 Å². The summed E-state index contributed by atoms with van der Waals surface area (Å²) in [5, 5.41) is 5.31. The molecule has 0 bridgehead atoms. The number of thiophene rings is 2. The SMILES string of the molecule is C1=CC2c3ccccc3-c3ccc(N(c4ccc(-c5cccc6c5sc5ccccc56)cc4)c4ccc(-c5cccc6c5sc5ccccc56)cc4)cc3C2C=C1. The molecule has 0 saturated heterocycles. The molecular weight excluding hydrogens is 727 g/mol. The van der Waals surface area contributed by atoms with Crippen molar-refractivity contribution in [3.63, 3.8) is 0 Å². The van der Waals surface area contributed by atoms with E-state index >= 15 is 0 Å². The van der Waals surface area contributed by atoms with E-state index < -0.39 is 0 Å². The molecule has 0 amide bonds. The van der Waals surface area contributed by atoms with E-state index in [9.17, 15) is 0 Å². The molecule has 10 aromatic rings. The summed E-state index contributed by atoms with van der Waals surface area (Å²) in [4.78, 5) is 2.44. The third-order valence-electron chi connectivity index (χ3n) is 12.1. The Kier molecular flexibility index (Phi) is 7.47. The Morgan fingerprint density at radius 2 is 0.807 bits per heavy atom. The van der Waals surface area contributed by atoms with Crippen molar-refractivity contribution in [2.75, 3.05) is 4.90 Å². The van der Waals surface area contributed by atoms with Crippen molar-refractivity contribution < 1.29 is 0 Å². The Balaban J connectivity index is 0.994. The highest BCUT2D eigenvalue weighted by Gasteiger charge is 2.32. The number of hydrogen-bond acceptors (Lipinski definition) is 3. The second-order valence-corrected chi connectivity index (χ2v) is 17.3. The second-order valence-electron chi connectivity index (χ2n) is 15.2. The van der Waals surface area contributed by atoms with Crippen molar-refractivity contribution in [2.45, 2.75) is 11.8 Å². The van der Waals surface area contributed by atoms with Gasteiger partial charge in [-0.3, -0.25) is 0 Å². The largest absolute Gasteiger partial charge is 0.310 e. The normalized spacial score (nSPS) is 15.6. The van der Waals surface area contributed by atoms with Gasteiger partial charge < -0.3 is 4.90 Å². The first-order valence-electron chi connectivity index (χ1n) is 19.7. The summed E-state index contributed by atoms with van der Waals surface area (Å²) in [6.07, 6.45) is 9.19. The molecule has 0 fully saturated rings. The van der Waals surface area contributed by atoms with Gasteiger partial charge in [0.2, 0.25) is 0 Å². The van der Waals surface area contributed by atoms with Gasteiger partial charge in [0.15, 0.2) is 0 Å². The van der Waals surface area contributed by atoms with Crippen LogP contribution in [0.2, 0.25) is 0 Å². The van der Waals surface area contributed by atoms with Crippen LogP contribution in [0.15, 0.2) is 200 Å². The van der Waals surface area contributed by atoms with Crippen molar-refractivity contribution in [3.8, 4) is 33.4 Å². The second kappa shape index (κ2) is 13.0. The lowest BCUT2D eigenvalue weighted by Gasteiger charge is -2.35. The summed E-state index contributed by atoms with van der Waals surface area (Å²) in [5.41, 5.74) is 13.9. The Morgan fingerprint density at radius 3 is 1.40 bits per heavy atom. The zero-order valence-electron chi connectivity index (χ0n) is 31.0. The van der Waals surface area contributed by atoms with Gasteiger partial charge in [0.1, 0.15) is 0 Å². The molecule has 0 saturated carbocycles. The van der Waals surface area contributed by atoms with Crippen LogP contribution < -0.4 is 4.90 Å². The fourth-order valence-electron chi connectivity index (χ4n) is 9.42. The molecule has 2 atom stereocenters. The van der Waals surface area contributed by atoms with E-state index in [1.807, 2.05) is 22.7 Å². The van der Waals surface area contributed by atoms with E-state index in [-0.39, 0.29) is 5.92 Å². The topological polar surface area (TPSA) is 3.24 Å². The van der Waals surface area contributed by atoms with Gasteiger partial charge in [-0.1, -0.05) is 152 Å². The van der Waals surface area contributed by atoms with Crippen LogP contribution in [0.1, 0.15) is 23.0 Å². The average Bonchev–Trinajstić information content (AvgIpc) is 3.86. The number of allylic oxidation sites excluding steroid dienone is 4. The Bertz CT molecular complexity index is 3090. The van der Waals surface area contributed by atoms with E-state index in [1.54, 1.807) is 0 Å². The van der Waals surface area contributed by atoms with Crippen molar-refractivity contribution in [2.24, 2.45) is 0 Å². The predicted molar refractivity (Wildman–Crippen MR) is 247 cm³/mol. The molecule has 57 heavy (non-hydrogen) atoms. The van der Waals surface area contributed by atoms with E-state index in [1.165, 1.54) is 84.9 Å². The first kappa shape index (κ1) is 32.7. The Hall–Kier alpha value is -6.52. The maximum absolute atomic E-state index is 2.45. The summed E-state index contributed by atoms with van der Waals surface area (Å²) >= 11 is 3.77. The van der Waals surface area contributed by atoms with Gasteiger partial charge in [0.25, 0.3) is 0 Å². The standard InChI is InChI=1S/C54H35NS2/c1-2-13-43-41(11-1)42-12-3-4-14-44(42)50-33-38(31-32-45(43)50)55(36-27-23-34(24-28-36)39-17-9-19-48-46-15-5-7-21-51(46)56-53(39)48)37-29-25-35(26-30-37)40-18-10-20-49-47-16-6-8-22-52(47)57-54(40)49/h1-33,42,44H. The van der Waals surface area contributed by atoms with E-state index in [0.717, 1.165) is 17.1 Å². The number of rotatable bonds is 5. The van der Waals surface area contributed by atoms with Crippen molar-refractivity contribution in [3.05, 3.63) is 211 Å². The summed E-state index contributed by atoms with van der Waals surface area (Å²) < 4.78 is 5.34. The van der Waals surface area contributed by atoms with Crippen LogP contribution in [0.25, 0.3) is 73.7 Å². The highest BCUT2D eigenvalue weighted by molar-refractivity contribution is 7.26. The average molecular weight is 762 g/mol. The van der Waals surface area contributed by atoms with Gasteiger partial charge in [-0.15, -0.1) is 22.7 Å². The van der Waals surface area contributed by atoms with Crippen LogP contribution in [-0.4, -0.2) is 0 Å².